The van der Waals surface area contributed by atoms with Crippen LogP contribution in [0.2, 0.25) is 0 Å². The van der Waals surface area contributed by atoms with Crippen LogP contribution >= 0.6 is 0 Å². The lowest BCUT2D eigenvalue weighted by Gasteiger charge is -1.84. The van der Waals surface area contributed by atoms with Gasteiger partial charge in [-0.2, -0.15) is 0 Å². The first-order valence-corrected chi connectivity index (χ1v) is 3.02. The fourth-order valence-electron chi connectivity index (χ4n) is 0.668. The Bertz CT molecular complexity index is 288. The molecule has 0 bridgehead atoms. The SMILES string of the molecule is CC(=O)c1ccc(C=NO)o1. The van der Waals surface area contributed by atoms with Gasteiger partial charge in [0.25, 0.3) is 0 Å². The van der Waals surface area contributed by atoms with E-state index in [9.17, 15) is 4.79 Å². The highest BCUT2D eigenvalue weighted by Crippen LogP contribution is 2.05. The molecule has 0 aliphatic rings. The Hall–Kier alpha value is -1.58. The molecule has 0 saturated carbocycles. The van der Waals surface area contributed by atoms with E-state index in [1.165, 1.54) is 13.0 Å². The highest BCUT2D eigenvalue weighted by atomic mass is 16.4. The summed E-state index contributed by atoms with van der Waals surface area (Å²) in [5, 5.41) is 10.8. The van der Waals surface area contributed by atoms with Gasteiger partial charge in [0.05, 0.1) is 0 Å². The van der Waals surface area contributed by atoms with Crippen LogP contribution in [-0.2, 0) is 0 Å². The average Bonchev–Trinajstić information content (AvgIpc) is 2.37. The number of rotatable bonds is 2. The average molecular weight is 153 g/mol. The van der Waals surface area contributed by atoms with E-state index in [1.54, 1.807) is 6.07 Å². The summed E-state index contributed by atoms with van der Waals surface area (Å²) in [7, 11) is 0. The second kappa shape index (κ2) is 3.01. The van der Waals surface area contributed by atoms with Gasteiger partial charge in [0.2, 0.25) is 0 Å². The first kappa shape index (κ1) is 7.53. The van der Waals surface area contributed by atoms with Gasteiger partial charge in [-0.05, 0) is 12.1 Å². The van der Waals surface area contributed by atoms with Gasteiger partial charge in [-0.15, -0.1) is 0 Å². The third-order valence-corrected chi connectivity index (χ3v) is 1.16. The molecule has 0 unspecified atom stereocenters. The van der Waals surface area contributed by atoms with Crippen molar-refractivity contribution in [1.82, 2.24) is 0 Å². The first-order valence-electron chi connectivity index (χ1n) is 3.02. The van der Waals surface area contributed by atoms with Crippen molar-refractivity contribution in [3.8, 4) is 0 Å². The largest absolute Gasteiger partial charge is 0.452 e. The summed E-state index contributed by atoms with van der Waals surface area (Å²) in [6.07, 6.45) is 1.12. The second-order valence-corrected chi connectivity index (χ2v) is 2.00. The molecule has 0 radical (unpaired) electrons. The zero-order valence-corrected chi connectivity index (χ0v) is 5.94. The number of nitrogens with zero attached hydrogens (tertiary/aromatic N) is 1. The highest BCUT2D eigenvalue weighted by molar-refractivity contribution is 5.92. The van der Waals surface area contributed by atoms with E-state index in [0.29, 0.717) is 5.76 Å². The molecule has 4 heteroatoms. The van der Waals surface area contributed by atoms with Gasteiger partial charge in [-0.1, -0.05) is 5.16 Å². The van der Waals surface area contributed by atoms with Crippen molar-refractivity contribution in [3.63, 3.8) is 0 Å². The molecule has 1 rings (SSSR count). The van der Waals surface area contributed by atoms with E-state index < -0.39 is 0 Å². The first-order chi connectivity index (χ1) is 5.24. The van der Waals surface area contributed by atoms with Gasteiger partial charge >= 0.3 is 0 Å². The van der Waals surface area contributed by atoms with Crippen molar-refractivity contribution in [2.75, 3.05) is 0 Å². The predicted molar refractivity (Wildman–Crippen MR) is 38.1 cm³/mol. The highest BCUT2D eigenvalue weighted by Gasteiger charge is 2.03. The van der Waals surface area contributed by atoms with Gasteiger partial charge in [0, 0.05) is 6.92 Å². The Morgan fingerprint density at radius 2 is 2.45 bits per heavy atom. The summed E-state index contributed by atoms with van der Waals surface area (Å²) in [6, 6.07) is 3.08. The number of oxime groups is 1. The monoisotopic (exact) mass is 153 g/mol. The maximum Gasteiger partial charge on any atom is 0.194 e. The maximum atomic E-state index is 10.7. The molecule has 0 aromatic carbocycles. The summed E-state index contributed by atoms with van der Waals surface area (Å²) < 4.78 is 4.93. The van der Waals surface area contributed by atoms with E-state index in [1.807, 2.05) is 0 Å². The van der Waals surface area contributed by atoms with Crippen LogP contribution in [0.5, 0.6) is 0 Å². The van der Waals surface area contributed by atoms with Crippen LogP contribution in [0.1, 0.15) is 23.2 Å². The minimum absolute atomic E-state index is 0.150. The molecule has 0 aliphatic carbocycles. The van der Waals surface area contributed by atoms with Gasteiger partial charge < -0.3 is 9.62 Å². The number of carbonyl (C=O) groups is 1. The maximum absolute atomic E-state index is 10.7. The van der Waals surface area contributed by atoms with Crippen LogP contribution in [0.4, 0.5) is 0 Å². The predicted octanol–water partition coefficient (Wildman–Crippen LogP) is 1.29. The molecule has 0 saturated heterocycles. The van der Waals surface area contributed by atoms with Crippen LogP contribution in [0, 0.1) is 0 Å². The summed E-state index contributed by atoms with van der Waals surface area (Å²) in [5.74, 6) is 0.472. The molecule has 0 fully saturated rings. The lowest BCUT2D eigenvalue weighted by atomic mass is 10.3. The topological polar surface area (TPSA) is 62.8 Å². The number of hydrogen-bond acceptors (Lipinski definition) is 4. The number of furan rings is 1. The molecule has 1 aromatic heterocycles. The van der Waals surface area contributed by atoms with Crippen molar-refractivity contribution in [1.29, 1.82) is 0 Å². The molecule has 0 aliphatic heterocycles. The molecule has 1 heterocycles. The third-order valence-electron chi connectivity index (χ3n) is 1.16. The number of Topliss-reactive ketones (excluding diaryl/α,β-unsaturated/α-hetero) is 1. The summed E-state index contributed by atoms with van der Waals surface area (Å²) in [4.78, 5) is 10.7. The van der Waals surface area contributed by atoms with Gasteiger partial charge in [-0.3, -0.25) is 4.79 Å². The number of ketones is 1. The van der Waals surface area contributed by atoms with E-state index in [4.69, 9.17) is 9.62 Å². The Balaban J connectivity index is 2.90. The normalized spacial score (nSPS) is 10.6. The molecule has 1 aromatic rings. The van der Waals surface area contributed by atoms with E-state index >= 15 is 0 Å². The molecule has 0 amide bonds. The van der Waals surface area contributed by atoms with E-state index in [-0.39, 0.29) is 11.5 Å². The zero-order chi connectivity index (χ0) is 8.27. The molecule has 1 N–H and O–H groups in total. The number of hydrogen-bond donors (Lipinski definition) is 1. The molecular weight excluding hydrogens is 146 g/mol. The lowest BCUT2D eigenvalue weighted by molar-refractivity contribution is 0.0987. The smallest absolute Gasteiger partial charge is 0.194 e. The summed E-state index contributed by atoms with van der Waals surface area (Å²) in [5.41, 5.74) is 0. The van der Waals surface area contributed by atoms with Gasteiger partial charge in [-0.25, -0.2) is 0 Å². The molecule has 0 spiro atoms. The van der Waals surface area contributed by atoms with Crippen LogP contribution < -0.4 is 0 Å². The molecule has 0 atom stereocenters. The van der Waals surface area contributed by atoms with Crippen LogP contribution in [0.15, 0.2) is 21.7 Å². The van der Waals surface area contributed by atoms with Crippen LogP contribution in [-0.4, -0.2) is 17.2 Å². The van der Waals surface area contributed by atoms with Crippen molar-refractivity contribution in [3.05, 3.63) is 23.7 Å². The Kier molecular flexibility index (Phi) is 2.06. The van der Waals surface area contributed by atoms with E-state index in [0.717, 1.165) is 6.21 Å². The Morgan fingerprint density at radius 1 is 1.73 bits per heavy atom. The fourth-order valence-corrected chi connectivity index (χ4v) is 0.668. The summed E-state index contributed by atoms with van der Waals surface area (Å²) in [6.45, 7) is 1.40. The second-order valence-electron chi connectivity index (χ2n) is 2.00. The molecular formula is C7H7NO3. The molecule has 11 heavy (non-hydrogen) atoms. The molecule has 4 nitrogen and oxygen atoms in total. The minimum Gasteiger partial charge on any atom is -0.452 e. The molecule has 58 valence electrons. The van der Waals surface area contributed by atoms with Crippen molar-refractivity contribution in [2.45, 2.75) is 6.92 Å². The number of carbonyl (C=O) groups excluding carboxylic acids is 1. The van der Waals surface area contributed by atoms with Gasteiger partial charge in [0.1, 0.15) is 12.0 Å². The Labute approximate surface area is 63.1 Å². The van der Waals surface area contributed by atoms with Crippen molar-refractivity contribution in [2.24, 2.45) is 5.16 Å². The van der Waals surface area contributed by atoms with Crippen molar-refractivity contribution < 1.29 is 14.4 Å². The van der Waals surface area contributed by atoms with Gasteiger partial charge in [0.15, 0.2) is 11.5 Å². The van der Waals surface area contributed by atoms with E-state index in [2.05, 4.69) is 5.16 Å². The summed E-state index contributed by atoms with van der Waals surface area (Å²) >= 11 is 0. The quantitative estimate of drug-likeness (QED) is 0.301. The minimum atomic E-state index is -0.150. The standard InChI is InChI=1S/C7H7NO3/c1-5(9)7-3-2-6(11-7)4-8-10/h2-4,10H,1H3. The fraction of sp³-hybridized carbons (Fsp3) is 0.143. The van der Waals surface area contributed by atoms with Crippen molar-refractivity contribution >= 4 is 12.0 Å². The third kappa shape index (κ3) is 1.67. The zero-order valence-electron chi connectivity index (χ0n) is 5.94. The Morgan fingerprint density at radius 3 is 2.91 bits per heavy atom. The van der Waals surface area contributed by atoms with Crippen LogP contribution in [0.25, 0.3) is 0 Å². The van der Waals surface area contributed by atoms with Crippen LogP contribution in [0.3, 0.4) is 0 Å². The lowest BCUT2D eigenvalue weighted by Crippen LogP contribution is -1.86.